The highest BCUT2D eigenvalue weighted by Gasteiger charge is 2.26. The van der Waals surface area contributed by atoms with Gasteiger partial charge in [0.1, 0.15) is 5.67 Å². The number of rotatable bonds is 6. The molecule has 0 aliphatic carbocycles. The zero-order valence-corrected chi connectivity index (χ0v) is 11.2. The van der Waals surface area contributed by atoms with E-state index in [9.17, 15) is 4.39 Å². The quantitative estimate of drug-likeness (QED) is 0.795. The van der Waals surface area contributed by atoms with Gasteiger partial charge in [-0.2, -0.15) is 0 Å². The molecular formula is C13H20FNO3. The van der Waals surface area contributed by atoms with Crippen LogP contribution in [0.4, 0.5) is 4.39 Å². The van der Waals surface area contributed by atoms with Crippen LogP contribution in [-0.2, 0) is 16.9 Å². The van der Waals surface area contributed by atoms with Crippen LogP contribution in [-0.4, -0.2) is 20.8 Å². The van der Waals surface area contributed by atoms with Crippen LogP contribution < -0.4 is 15.4 Å². The first-order valence-electron chi connectivity index (χ1n) is 5.70. The van der Waals surface area contributed by atoms with E-state index in [2.05, 4.69) is 4.84 Å². The van der Waals surface area contributed by atoms with Gasteiger partial charge in [0.05, 0.1) is 20.8 Å². The van der Waals surface area contributed by atoms with Crippen molar-refractivity contribution >= 4 is 0 Å². The molecule has 0 amide bonds. The third kappa shape index (κ3) is 3.34. The maximum Gasteiger partial charge on any atom is 0.167 e. The van der Waals surface area contributed by atoms with Crippen molar-refractivity contribution in [2.45, 2.75) is 25.9 Å². The number of hydrogen-bond acceptors (Lipinski definition) is 4. The second-order valence-electron chi connectivity index (χ2n) is 4.47. The number of alkyl halides is 1. The molecule has 1 rings (SSSR count). The monoisotopic (exact) mass is 257 g/mol. The van der Waals surface area contributed by atoms with Crippen LogP contribution in [0.3, 0.4) is 0 Å². The van der Waals surface area contributed by atoms with Gasteiger partial charge in [0, 0.05) is 5.56 Å². The molecule has 0 aliphatic rings. The highest BCUT2D eigenvalue weighted by molar-refractivity contribution is 5.51. The summed E-state index contributed by atoms with van der Waals surface area (Å²) in [6, 6.07) is 3.55. The average Bonchev–Trinajstić information content (AvgIpc) is 2.33. The third-order valence-electron chi connectivity index (χ3n) is 2.69. The molecule has 0 spiro atoms. The van der Waals surface area contributed by atoms with E-state index in [0.717, 1.165) is 5.56 Å². The van der Waals surface area contributed by atoms with E-state index in [0.29, 0.717) is 30.1 Å². The van der Waals surface area contributed by atoms with Crippen LogP contribution in [0.1, 0.15) is 25.0 Å². The van der Waals surface area contributed by atoms with Crippen molar-refractivity contribution in [2.24, 2.45) is 5.90 Å². The van der Waals surface area contributed by atoms with Crippen molar-refractivity contribution in [1.29, 1.82) is 0 Å². The van der Waals surface area contributed by atoms with Crippen LogP contribution in [0, 0.1) is 0 Å². The van der Waals surface area contributed by atoms with Crippen LogP contribution in [0.5, 0.6) is 11.5 Å². The van der Waals surface area contributed by atoms with Gasteiger partial charge in [-0.05, 0) is 38.0 Å². The first kappa shape index (κ1) is 14.7. The van der Waals surface area contributed by atoms with Gasteiger partial charge in [0.15, 0.2) is 11.5 Å². The summed E-state index contributed by atoms with van der Waals surface area (Å²) in [5.74, 6) is 5.92. The van der Waals surface area contributed by atoms with E-state index in [4.69, 9.17) is 15.4 Å². The van der Waals surface area contributed by atoms with Crippen molar-refractivity contribution < 1.29 is 18.7 Å². The van der Waals surface area contributed by atoms with Gasteiger partial charge < -0.3 is 14.3 Å². The topological polar surface area (TPSA) is 53.7 Å². The van der Waals surface area contributed by atoms with Crippen molar-refractivity contribution in [1.82, 2.24) is 0 Å². The van der Waals surface area contributed by atoms with Gasteiger partial charge in [-0.3, -0.25) is 0 Å². The molecule has 1 aromatic rings. The molecule has 5 heteroatoms. The number of nitrogens with two attached hydrogens (primary N) is 1. The Bertz CT molecular complexity index is 402. The maximum atomic E-state index is 14.2. The summed E-state index contributed by atoms with van der Waals surface area (Å²) in [6.45, 7) is 3.32. The van der Waals surface area contributed by atoms with Crippen molar-refractivity contribution in [3.05, 3.63) is 23.3 Å². The van der Waals surface area contributed by atoms with Crippen LogP contribution >= 0.6 is 0 Å². The molecule has 0 saturated heterocycles. The smallest absolute Gasteiger partial charge is 0.167 e. The van der Waals surface area contributed by atoms with Crippen LogP contribution in [0.25, 0.3) is 0 Å². The van der Waals surface area contributed by atoms with Crippen molar-refractivity contribution in [3.8, 4) is 11.5 Å². The Morgan fingerprint density at radius 1 is 1.22 bits per heavy atom. The normalized spacial score (nSPS) is 11.4. The van der Waals surface area contributed by atoms with Gasteiger partial charge >= 0.3 is 0 Å². The fourth-order valence-electron chi connectivity index (χ4n) is 1.78. The number of benzene rings is 1. The van der Waals surface area contributed by atoms with E-state index < -0.39 is 5.67 Å². The van der Waals surface area contributed by atoms with Crippen molar-refractivity contribution in [2.75, 3.05) is 20.8 Å². The summed E-state index contributed by atoms with van der Waals surface area (Å²) in [5, 5.41) is 0. The Balaban J connectivity index is 3.27. The molecule has 0 atom stereocenters. The van der Waals surface area contributed by atoms with Gasteiger partial charge in [-0.25, -0.2) is 10.3 Å². The average molecular weight is 257 g/mol. The lowest BCUT2D eigenvalue weighted by atomic mass is 9.95. The predicted octanol–water partition coefficient (Wildman–Crippen LogP) is 2.34. The van der Waals surface area contributed by atoms with Gasteiger partial charge in [0.2, 0.25) is 0 Å². The number of halogens is 1. The van der Waals surface area contributed by atoms with Crippen LogP contribution in [0.15, 0.2) is 12.1 Å². The number of ether oxygens (including phenoxy) is 2. The molecular weight excluding hydrogens is 237 g/mol. The van der Waals surface area contributed by atoms with Crippen molar-refractivity contribution in [3.63, 3.8) is 0 Å². The summed E-state index contributed by atoms with van der Waals surface area (Å²) >= 11 is 0. The molecule has 0 heterocycles. The zero-order valence-electron chi connectivity index (χ0n) is 11.2. The van der Waals surface area contributed by atoms with Gasteiger partial charge in [-0.1, -0.05) is 0 Å². The Morgan fingerprint density at radius 2 is 1.89 bits per heavy atom. The zero-order chi connectivity index (χ0) is 13.8. The standard InChI is InChI=1S/C13H20FNO3/c1-13(2,14)10-7-9(5-6-18-15)8-11(16-3)12(10)17-4/h7-8H,5-6,15H2,1-4H3. The molecule has 0 fully saturated rings. The third-order valence-corrected chi connectivity index (χ3v) is 2.69. The molecule has 102 valence electrons. The molecule has 0 bridgehead atoms. The van der Waals surface area contributed by atoms with E-state index in [1.54, 1.807) is 12.1 Å². The van der Waals surface area contributed by atoms with E-state index in [-0.39, 0.29) is 0 Å². The van der Waals surface area contributed by atoms with Gasteiger partial charge in [-0.15, -0.1) is 0 Å². The maximum absolute atomic E-state index is 14.2. The molecule has 18 heavy (non-hydrogen) atoms. The lowest BCUT2D eigenvalue weighted by molar-refractivity contribution is 0.141. The second kappa shape index (κ2) is 6.02. The first-order chi connectivity index (χ1) is 8.43. The molecule has 0 aromatic heterocycles. The lowest BCUT2D eigenvalue weighted by Crippen LogP contribution is -2.13. The largest absolute Gasteiger partial charge is 0.493 e. The van der Waals surface area contributed by atoms with Crippen LogP contribution in [0.2, 0.25) is 0 Å². The van der Waals surface area contributed by atoms with E-state index >= 15 is 0 Å². The highest BCUT2D eigenvalue weighted by Crippen LogP contribution is 2.40. The Hall–Kier alpha value is -1.33. The van der Waals surface area contributed by atoms with Gasteiger partial charge in [0.25, 0.3) is 0 Å². The predicted molar refractivity (Wildman–Crippen MR) is 67.5 cm³/mol. The molecule has 0 unspecified atom stereocenters. The summed E-state index contributed by atoms with van der Waals surface area (Å²) in [4.78, 5) is 4.54. The molecule has 0 aliphatic heterocycles. The summed E-state index contributed by atoms with van der Waals surface area (Å²) in [6.07, 6.45) is 0.583. The second-order valence-corrected chi connectivity index (χ2v) is 4.47. The number of hydrogen-bond donors (Lipinski definition) is 1. The first-order valence-corrected chi connectivity index (χ1v) is 5.70. The molecule has 0 radical (unpaired) electrons. The summed E-state index contributed by atoms with van der Waals surface area (Å²) in [7, 11) is 3.02. The Labute approximate surface area is 107 Å². The highest BCUT2D eigenvalue weighted by atomic mass is 19.1. The van der Waals surface area contributed by atoms with E-state index in [1.165, 1.54) is 28.1 Å². The SMILES string of the molecule is COc1cc(CCON)cc(C(C)(C)F)c1OC. The minimum absolute atomic E-state index is 0.363. The minimum atomic E-state index is -1.52. The lowest BCUT2D eigenvalue weighted by Gasteiger charge is -2.21. The molecule has 0 saturated carbocycles. The fourth-order valence-corrected chi connectivity index (χ4v) is 1.78. The number of methoxy groups -OCH3 is 2. The Morgan fingerprint density at radius 3 is 2.33 bits per heavy atom. The molecule has 4 nitrogen and oxygen atoms in total. The molecule has 1 aromatic carbocycles. The van der Waals surface area contributed by atoms with E-state index in [1.807, 2.05) is 0 Å². The Kier molecular flexibility index (Phi) is 4.93. The summed E-state index contributed by atoms with van der Waals surface area (Å²) < 4.78 is 24.7. The summed E-state index contributed by atoms with van der Waals surface area (Å²) in [5.41, 5.74) is -0.173. The fraction of sp³-hybridized carbons (Fsp3) is 0.538. The minimum Gasteiger partial charge on any atom is -0.493 e. The molecule has 2 N–H and O–H groups in total.